The molecule has 0 radical (unpaired) electrons. The summed E-state index contributed by atoms with van der Waals surface area (Å²) in [5.74, 6) is -0.134. The number of nitrogens with zero attached hydrogens (tertiary/aromatic N) is 1. The van der Waals surface area contributed by atoms with Crippen LogP contribution in [0.15, 0.2) is 0 Å². The maximum absolute atomic E-state index is 12.2. The molecule has 19 heavy (non-hydrogen) atoms. The number of urea groups is 1. The van der Waals surface area contributed by atoms with Gasteiger partial charge in [-0.3, -0.25) is 0 Å². The van der Waals surface area contributed by atoms with Crippen molar-refractivity contribution in [2.24, 2.45) is 5.14 Å². The van der Waals surface area contributed by atoms with Gasteiger partial charge in [0.15, 0.2) is 0 Å². The fraction of sp³-hybridized carbons (Fsp3) is 0.917. The van der Waals surface area contributed by atoms with E-state index in [1.165, 1.54) is 6.42 Å². The second kappa shape index (κ2) is 6.09. The van der Waals surface area contributed by atoms with E-state index in [0.717, 1.165) is 32.1 Å². The topological polar surface area (TPSA) is 92.5 Å². The minimum atomic E-state index is -3.53. The molecule has 2 amide bonds. The van der Waals surface area contributed by atoms with Crippen molar-refractivity contribution in [2.75, 3.05) is 12.3 Å². The van der Waals surface area contributed by atoms with Gasteiger partial charge in [-0.15, -0.1) is 0 Å². The van der Waals surface area contributed by atoms with Gasteiger partial charge in [-0.2, -0.15) is 0 Å². The molecule has 0 aromatic rings. The molecule has 0 aromatic carbocycles. The standard InChI is InChI=1S/C12H23N3O3S/c13-19(17,18)9-11-7-4-8-15(11)12(16)14-10-5-2-1-3-6-10/h10-11H,1-9H2,(H,14,16)(H2,13,17,18)/t11-/m1/s1. The van der Waals surface area contributed by atoms with Crippen LogP contribution in [0.5, 0.6) is 0 Å². The average Bonchev–Trinajstić information content (AvgIpc) is 2.76. The Morgan fingerprint density at radius 1 is 1.16 bits per heavy atom. The van der Waals surface area contributed by atoms with Gasteiger partial charge in [0.1, 0.15) is 0 Å². The van der Waals surface area contributed by atoms with E-state index in [4.69, 9.17) is 5.14 Å². The van der Waals surface area contributed by atoms with Crippen LogP contribution in [0, 0.1) is 0 Å². The van der Waals surface area contributed by atoms with Crippen LogP contribution in [-0.4, -0.2) is 43.7 Å². The fourth-order valence-corrected chi connectivity index (χ4v) is 3.93. The van der Waals surface area contributed by atoms with Crippen molar-refractivity contribution >= 4 is 16.1 Å². The number of carbonyl (C=O) groups is 1. The molecule has 1 saturated heterocycles. The van der Waals surface area contributed by atoms with Gasteiger partial charge in [-0.25, -0.2) is 18.4 Å². The molecule has 0 spiro atoms. The molecule has 2 rings (SSSR count). The van der Waals surface area contributed by atoms with Crippen molar-refractivity contribution in [1.82, 2.24) is 10.2 Å². The number of amides is 2. The van der Waals surface area contributed by atoms with Gasteiger partial charge in [0.05, 0.1) is 5.75 Å². The molecule has 0 bridgehead atoms. The van der Waals surface area contributed by atoms with Crippen molar-refractivity contribution in [1.29, 1.82) is 0 Å². The number of likely N-dealkylation sites (tertiary alicyclic amines) is 1. The van der Waals surface area contributed by atoms with Gasteiger partial charge in [0.25, 0.3) is 0 Å². The third kappa shape index (κ3) is 4.35. The summed E-state index contributed by atoms with van der Waals surface area (Å²) in [4.78, 5) is 13.8. The second-order valence-corrected chi connectivity index (χ2v) is 7.26. The first-order valence-corrected chi connectivity index (χ1v) is 8.75. The molecule has 1 saturated carbocycles. The summed E-state index contributed by atoms with van der Waals surface area (Å²) in [7, 11) is -3.53. The number of primary sulfonamides is 1. The van der Waals surface area contributed by atoms with E-state index in [-0.39, 0.29) is 23.9 Å². The van der Waals surface area contributed by atoms with Crippen LogP contribution in [0.2, 0.25) is 0 Å². The third-order valence-corrected chi connectivity index (χ3v) is 4.84. The van der Waals surface area contributed by atoms with Crippen molar-refractivity contribution in [3.63, 3.8) is 0 Å². The van der Waals surface area contributed by atoms with E-state index < -0.39 is 10.0 Å². The van der Waals surface area contributed by atoms with Gasteiger partial charge in [-0.05, 0) is 25.7 Å². The molecule has 0 aromatic heterocycles. The lowest BCUT2D eigenvalue weighted by molar-refractivity contribution is 0.188. The van der Waals surface area contributed by atoms with E-state index in [2.05, 4.69) is 5.32 Å². The van der Waals surface area contributed by atoms with E-state index >= 15 is 0 Å². The Bertz CT molecular complexity index is 418. The highest BCUT2D eigenvalue weighted by atomic mass is 32.2. The molecule has 110 valence electrons. The summed E-state index contributed by atoms with van der Waals surface area (Å²) < 4.78 is 22.3. The maximum Gasteiger partial charge on any atom is 0.317 e. The average molecular weight is 289 g/mol. The quantitative estimate of drug-likeness (QED) is 0.804. The van der Waals surface area contributed by atoms with Crippen molar-refractivity contribution in [3.05, 3.63) is 0 Å². The van der Waals surface area contributed by atoms with E-state index in [1.807, 2.05) is 0 Å². The normalized spacial score (nSPS) is 25.5. The van der Waals surface area contributed by atoms with Gasteiger partial charge in [0.2, 0.25) is 10.0 Å². The van der Waals surface area contributed by atoms with Crippen molar-refractivity contribution in [3.8, 4) is 0 Å². The summed E-state index contributed by atoms with van der Waals surface area (Å²) in [5.41, 5.74) is 0. The first-order chi connectivity index (χ1) is 8.96. The summed E-state index contributed by atoms with van der Waals surface area (Å²) in [5, 5.41) is 8.10. The largest absolute Gasteiger partial charge is 0.335 e. The molecular formula is C12H23N3O3S. The zero-order valence-electron chi connectivity index (χ0n) is 11.2. The lowest BCUT2D eigenvalue weighted by Crippen LogP contribution is -2.49. The van der Waals surface area contributed by atoms with Crippen LogP contribution < -0.4 is 10.5 Å². The number of nitrogens with one attached hydrogen (secondary N) is 1. The Morgan fingerprint density at radius 3 is 2.47 bits per heavy atom. The molecule has 1 heterocycles. The third-order valence-electron chi connectivity index (χ3n) is 4.00. The minimum Gasteiger partial charge on any atom is -0.335 e. The highest BCUT2D eigenvalue weighted by molar-refractivity contribution is 7.89. The van der Waals surface area contributed by atoms with Gasteiger partial charge < -0.3 is 10.2 Å². The smallest absolute Gasteiger partial charge is 0.317 e. The van der Waals surface area contributed by atoms with Gasteiger partial charge >= 0.3 is 6.03 Å². The molecule has 0 unspecified atom stereocenters. The number of sulfonamides is 1. The zero-order valence-corrected chi connectivity index (χ0v) is 12.0. The number of hydrogen-bond donors (Lipinski definition) is 2. The Balaban J connectivity index is 1.89. The molecule has 6 nitrogen and oxygen atoms in total. The molecular weight excluding hydrogens is 266 g/mol. The molecule has 2 aliphatic rings. The molecule has 2 fully saturated rings. The molecule has 3 N–H and O–H groups in total. The van der Waals surface area contributed by atoms with Crippen LogP contribution in [0.4, 0.5) is 4.79 Å². The van der Waals surface area contributed by atoms with E-state index in [9.17, 15) is 13.2 Å². The monoisotopic (exact) mass is 289 g/mol. The van der Waals surface area contributed by atoms with Gasteiger partial charge in [0, 0.05) is 18.6 Å². The van der Waals surface area contributed by atoms with E-state index in [0.29, 0.717) is 13.0 Å². The molecule has 1 aliphatic carbocycles. The predicted molar refractivity (Wildman–Crippen MR) is 73.1 cm³/mol. The van der Waals surface area contributed by atoms with Crippen LogP contribution in [0.25, 0.3) is 0 Å². The number of hydrogen-bond acceptors (Lipinski definition) is 3. The number of carbonyl (C=O) groups excluding carboxylic acids is 1. The molecule has 7 heteroatoms. The van der Waals surface area contributed by atoms with E-state index in [1.54, 1.807) is 4.90 Å². The van der Waals surface area contributed by atoms with Crippen molar-refractivity contribution in [2.45, 2.75) is 57.0 Å². The Morgan fingerprint density at radius 2 is 1.84 bits per heavy atom. The molecule has 1 aliphatic heterocycles. The summed E-state index contributed by atoms with van der Waals surface area (Å²) in [6.07, 6.45) is 7.17. The highest BCUT2D eigenvalue weighted by Crippen LogP contribution is 2.21. The first-order valence-electron chi connectivity index (χ1n) is 7.03. The Labute approximate surface area is 114 Å². The highest BCUT2D eigenvalue weighted by Gasteiger charge is 2.32. The second-order valence-electron chi connectivity index (χ2n) is 5.60. The summed E-state index contributed by atoms with van der Waals surface area (Å²) in [6, 6.07) is -0.145. The first kappa shape index (κ1) is 14.6. The summed E-state index contributed by atoms with van der Waals surface area (Å²) in [6.45, 7) is 0.624. The minimum absolute atomic E-state index is 0.127. The van der Waals surface area contributed by atoms with Crippen LogP contribution in [0.3, 0.4) is 0 Å². The molecule has 1 atom stereocenters. The fourth-order valence-electron chi connectivity index (χ4n) is 3.05. The van der Waals surface area contributed by atoms with Crippen LogP contribution in [-0.2, 0) is 10.0 Å². The predicted octanol–water partition coefficient (Wildman–Crippen LogP) is 0.782. The number of nitrogens with two attached hydrogens (primary N) is 1. The summed E-state index contributed by atoms with van der Waals surface area (Å²) >= 11 is 0. The lowest BCUT2D eigenvalue weighted by Gasteiger charge is -2.29. The van der Waals surface area contributed by atoms with Crippen LogP contribution in [0.1, 0.15) is 44.9 Å². The Kier molecular flexibility index (Phi) is 4.67. The Hall–Kier alpha value is -0.820. The SMILES string of the molecule is NS(=O)(=O)C[C@H]1CCCN1C(=O)NC1CCCCC1. The van der Waals surface area contributed by atoms with Crippen molar-refractivity contribution < 1.29 is 13.2 Å². The maximum atomic E-state index is 12.2. The van der Waals surface area contributed by atoms with Gasteiger partial charge in [-0.1, -0.05) is 19.3 Å². The van der Waals surface area contributed by atoms with Crippen LogP contribution >= 0.6 is 0 Å². The lowest BCUT2D eigenvalue weighted by atomic mass is 9.96. The number of rotatable bonds is 3. The zero-order chi connectivity index (χ0) is 13.9.